The maximum absolute atomic E-state index is 12.2. The van der Waals surface area contributed by atoms with Gasteiger partial charge in [0.15, 0.2) is 5.13 Å². The Labute approximate surface area is 167 Å². The van der Waals surface area contributed by atoms with Gasteiger partial charge in [-0.05, 0) is 34.7 Å². The topological polar surface area (TPSA) is 85.6 Å². The van der Waals surface area contributed by atoms with Crippen LogP contribution in [-0.4, -0.2) is 36.9 Å². The van der Waals surface area contributed by atoms with Crippen molar-refractivity contribution in [2.45, 2.75) is 31.3 Å². The number of rotatable bonds is 5. The minimum Gasteiger partial charge on any atom is -0.301 e. The van der Waals surface area contributed by atoms with E-state index in [-0.39, 0.29) is 17.1 Å². The molecule has 10 heteroatoms. The highest BCUT2D eigenvalue weighted by atomic mass is 79.9. The standard InChI is InChI=1S/C16H17BrN6OS2/c1-16(2,3)12-8-25-14(18-12)19-13(24)9-26-15-20-21-22-23(15)11-6-4-10(17)5-7-11/h4-8H,9H2,1-3H3,(H,18,19,24). The molecule has 0 saturated heterocycles. The Hall–Kier alpha value is -1.78. The number of thioether (sulfide) groups is 1. The molecule has 7 nitrogen and oxygen atoms in total. The number of thiazole rings is 1. The number of halogens is 1. The van der Waals surface area contributed by atoms with Gasteiger partial charge in [0, 0.05) is 15.3 Å². The fourth-order valence-corrected chi connectivity index (χ4v) is 3.88. The molecule has 1 amide bonds. The number of anilines is 1. The first-order valence-electron chi connectivity index (χ1n) is 7.76. The number of carbonyl (C=O) groups excluding carboxylic acids is 1. The summed E-state index contributed by atoms with van der Waals surface area (Å²) in [6.45, 7) is 6.27. The molecule has 0 aliphatic rings. The van der Waals surface area contributed by atoms with Crippen LogP contribution < -0.4 is 5.32 Å². The number of tetrazole rings is 1. The molecule has 0 bridgehead atoms. The number of benzene rings is 1. The summed E-state index contributed by atoms with van der Waals surface area (Å²) in [6, 6.07) is 7.61. The molecular weight excluding hydrogens is 436 g/mol. The molecule has 0 radical (unpaired) electrons. The Balaban J connectivity index is 1.61. The van der Waals surface area contributed by atoms with Gasteiger partial charge >= 0.3 is 0 Å². The normalized spacial score (nSPS) is 11.5. The molecule has 1 aromatic carbocycles. The van der Waals surface area contributed by atoms with Crippen LogP contribution in [0.15, 0.2) is 39.3 Å². The van der Waals surface area contributed by atoms with Gasteiger partial charge in [0.25, 0.3) is 0 Å². The third kappa shape index (κ3) is 4.68. The summed E-state index contributed by atoms with van der Waals surface area (Å²) in [5, 5.41) is 17.6. The van der Waals surface area contributed by atoms with Crippen LogP contribution >= 0.6 is 39.0 Å². The molecule has 26 heavy (non-hydrogen) atoms. The van der Waals surface area contributed by atoms with Crippen molar-refractivity contribution < 1.29 is 4.79 Å². The molecule has 2 heterocycles. The van der Waals surface area contributed by atoms with Crippen molar-refractivity contribution in [3.05, 3.63) is 39.8 Å². The van der Waals surface area contributed by atoms with E-state index in [0.717, 1.165) is 15.9 Å². The molecule has 0 spiro atoms. The van der Waals surface area contributed by atoms with E-state index in [9.17, 15) is 4.79 Å². The average Bonchev–Trinajstić information content (AvgIpc) is 3.22. The molecule has 1 N–H and O–H groups in total. The number of carbonyl (C=O) groups is 1. The maximum atomic E-state index is 12.2. The van der Waals surface area contributed by atoms with E-state index in [1.807, 2.05) is 29.6 Å². The van der Waals surface area contributed by atoms with E-state index < -0.39 is 0 Å². The lowest BCUT2D eigenvalue weighted by atomic mass is 9.93. The van der Waals surface area contributed by atoms with Crippen LogP contribution in [0.5, 0.6) is 0 Å². The van der Waals surface area contributed by atoms with Gasteiger partial charge in [-0.3, -0.25) is 4.79 Å². The summed E-state index contributed by atoms with van der Waals surface area (Å²) in [6.07, 6.45) is 0. The van der Waals surface area contributed by atoms with Gasteiger partial charge in [0.05, 0.1) is 17.1 Å². The Morgan fingerprint density at radius 3 is 2.69 bits per heavy atom. The van der Waals surface area contributed by atoms with E-state index in [2.05, 4.69) is 62.5 Å². The highest BCUT2D eigenvalue weighted by molar-refractivity contribution is 9.10. The summed E-state index contributed by atoms with van der Waals surface area (Å²) >= 11 is 6.10. The van der Waals surface area contributed by atoms with Crippen molar-refractivity contribution in [1.82, 2.24) is 25.2 Å². The SMILES string of the molecule is CC(C)(C)c1csc(NC(=O)CSc2nnnn2-c2ccc(Br)cc2)n1. The maximum Gasteiger partial charge on any atom is 0.236 e. The molecular formula is C16H17BrN6OS2. The fraction of sp³-hybridized carbons (Fsp3) is 0.312. The zero-order chi connectivity index (χ0) is 18.7. The van der Waals surface area contributed by atoms with E-state index in [0.29, 0.717) is 10.3 Å². The van der Waals surface area contributed by atoms with Crippen molar-refractivity contribution in [3.8, 4) is 5.69 Å². The number of nitrogens with zero attached hydrogens (tertiary/aromatic N) is 5. The highest BCUT2D eigenvalue weighted by Crippen LogP contribution is 2.26. The minimum atomic E-state index is -0.143. The predicted octanol–water partition coefficient (Wildman–Crippen LogP) is 3.91. The van der Waals surface area contributed by atoms with Crippen molar-refractivity contribution in [3.63, 3.8) is 0 Å². The lowest BCUT2D eigenvalue weighted by Crippen LogP contribution is -2.16. The molecule has 0 aliphatic heterocycles. The largest absolute Gasteiger partial charge is 0.301 e. The summed E-state index contributed by atoms with van der Waals surface area (Å²) in [5.41, 5.74) is 1.75. The molecule has 0 unspecified atom stereocenters. The Morgan fingerprint density at radius 2 is 2.04 bits per heavy atom. The van der Waals surface area contributed by atoms with E-state index in [1.165, 1.54) is 23.1 Å². The van der Waals surface area contributed by atoms with E-state index >= 15 is 0 Å². The number of hydrogen-bond acceptors (Lipinski definition) is 7. The number of hydrogen-bond donors (Lipinski definition) is 1. The zero-order valence-corrected chi connectivity index (χ0v) is 17.7. The average molecular weight is 453 g/mol. The van der Waals surface area contributed by atoms with Crippen LogP contribution in [-0.2, 0) is 10.2 Å². The molecule has 0 saturated carbocycles. The monoisotopic (exact) mass is 452 g/mol. The Morgan fingerprint density at radius 1 is 1.31 bits per heavy atom. The zero-order valence-electron chi connectivity index (χ0n) is 14.4. The van der Waals surface area contributed by atoms with E-state index in [1.54, 1.807) is 4.68 Å². The van der Waals surface area contributed by atoms with Gasteiger partial charge in [-0.15, -0.1) is 16.4 Å². The van der Waals surface area contributed by atoms with Crippen LogP contribution in [0.25, 0.3) is 5.69 Å². The van der Waals surface area contributed by atoms with Crippen molar-refractivity contribution in [2.24, 2.45) is 0 Å². The first-order chi connectivity index (χ1) is 12.3. The van der Waals surface area contributed by atoms with Crippen LogP contribution in [0.4, 0.5) is 5.13 Å². The second-order valence-electron chi connectivity index (χ2n) is 6.47. The third-order valence-corrected chi connectivity index (χ3v) is 5.57. The Kier molecular flexibility index (Phi) is 5.73. The molecule has 3 aromatic rings. The fourth-order valence-electron chi connectivity index (χ4n) is 1.97. The molecule has 136 valence electrons. The van der Waals surface area contributed by atoms with Crippen molar-refractivity contribution in [2.75, 3.05) is 11.1 Å². The molecule has 0 aliphatic carbocycles. The second-order valence-corrected chi connectivity index (χ2v) is 9.19. The van der Waals surface area contributed by atoms with Crippen molar-refractivity contribution >= 4 is 50.1 Å². The number of aromatic nitrogens is 5. The smallest absolute Gasteiger partial charge is 0.236 e. The van der Waals surface area contributed by atoms with Gasteiger partial charge in [-0.25, -0.2) is 4.98 Å². The first kappa shape index (κ1) is 19.0. The molecule has 0 fully saturated rings. The quantitative estimate of drug-likeness (QED) is 0.590. The summed E-state index contributed by atoms with van der Waals surface area (Å²) in [5.74, 6) is 0.0524. The van der Waals surface area contributed by atoms with Gasteiger partial charge in [0.1, 0.15) is 0 Å². The lowest BCUT2D eigenvalue weighted by Gasteiger charge is -2.14. The molecule has 2 aromatic heterocycles. The lowest BCUT2D eigenvalue weighted by molar-refractivity contribution is -0.113. The number of nitrogens with one attached hydrogen (secondary N) is 1. The summed E-state index contributed by atoms with van der Waals surface area (Å²) in [4.78, 5) is 16.7. The van der Waals surface area contributed by atoms with Crippen molar-refractivity contribution in [1.29, 1.82) is 0 Å². The second kappa shape index (κ2) is 7.85. The molecule has 3 rings (SSSR count). The minimum absolute atomic E-state index is 0.0407. The molecule has 0 atom stereocenters. The van der Waals surface area contributed by atoms with Gasteiger partial charge < -0.3 is 5.32 Å². The Bertz CT molecular complexity index is 900. The highest BCUT2D eigenvalue weighted by Gasteiger charge is 2.18. The predicted molar refractivity (Wildman–Crippen MR) is 107 cm³/mol. The van der Waals surface area contributed by atoms with Crippen LogP contribution in [0.1, 0.15) is 26.5 Å². The van der Waals surface area contributed by atoms with Gasteiger partial charge in [-0.2, -0.15) is 4.68 Å². The third-order valence-electron chi connectivity index (χ3n) is 3.36. The van der Waals surface area contributed by atoms with Crippen LogP contribution in [0, 0.1) is 0 Å². The van der Waals surface area contributed by atoms with Gasteiger partial charge in [-0.1, -0.05) is 48.5 Å². The van der Waals surface area contributed by atoms with Gasteiger partial charge in [0.2, 0.25) is 11.1 Å². The number of amides is 1. The summed E-state index contributed by atoms with van der Waals surface area (Å²) in [7, 11) is 0. The van der Waals surface area contributed by atoms with E-state index in [4.69, 9.17) is 0 Å². The van der Waals surface area contributed by atoms with Crippen LogP contribution in [0.3, 0.4) is 0 Å². The van der Waals surface area contributed by atoms with Crippen LogP contribution in [0.2, 0.25) is 0 Å². The summed E-state index contributed by atoms with van der Waals surface area (Å²) < 4.78 is 2.58. The first-order valence-corrected chi connectivity index (χ1v) is 10.4.